The second kappa shape index (κ2) is 34.0. The molecule has 6 heterocycles. The number of aromatic nitrogens is 4. The summed E-state index contributed by atoms with van der Waals surface area (Å²) < 4.78 is 84.2. The fourth-order valence-corrected chi connectivity index (χ4v) is 15.4. The number of hydrogen-bond acceptors (Lipinski definition) is 21. The predicted molar refractivity (Wildman–Crippen MR) is 395 cm³/mol. The van der Waals surface area contributed by atoms with Gasteiger partial charge in [-0.1, -0.05) is 147 Å². The number of hydrogen-bond donors (Lipinski definition) is 3. The van der Waals surface area contributed by atoms with E-state index in [2.05, 4.69) is 20.3 Å². The maximum Gasteiger partial charge on any atom is 0.411 e. The van der Waals surface area contributed by atoms with Gasteiger partial charge in [0, 0.05) is 58.8 Å². The van der Waals surface area contributed by atoms with Crippen molar-refractivity contribution in [2.75, 3.05) is 32.1 Å². The molecule has 3 amide bonds. The van der Waals surface area contributed by atoms with Gasteiger partial charge in [0.15, 0.2) is 35.6 Å². The van der Waals surface area contributed by atoms with Crippen LogP contribution in [0.1, 0.15) is 175 Å². The summed E-state index contributed by atoms with van der Waals surface area (Å²) in [5.41, 5.74) is 7.75. The average molecular weight is 1470 g/mol. The zero-order valence-electron chi connectivity index (χ0n) is 63.5. The molecular weight excluding hydrogens is 1350 g/mol. The molecule has 1 spiro atoms. The van der Waals surface area contributed by atoms with Crippen LogP contribution in [0.5, 0.6) is 0 Å². The number of carbonyl (C=O) groups excluding carboxylic acids is 3. The summed E-state index contributed by atoms with van der Waals surface area (Å²) in [7, 11) is 0. The topological polar surface area (TPSA) is 274 Å². The van der Waals surface area contributed by atoms with Crippen molar-refractivity contribution in [2.45, 2.75) is 287 Å². The molecule has 2 saturated carbocycles. The van der Waals surface area contributed by atoms with Crippen molar-refractivity contribution >= 4 is 35.3 Å². The molecule has 25 nitrogen and oxygen atoms in total. The van der Waals surface area contributed by atoms with Crippen LogP contribution < -0.4 is 11.1 Å². The van der Waals surface area contributed by atoms with Crippen molar-refractivity contribution in [3.05, 3.63) is 156 Å². The van der Waals surface area contributed by atoms with Gasteiger partial charge in [0.2, 0.25) is 0 Å². The molecule has 4 aromatic carbocycles. The molecule has 2 aliphatic carbocycles. The summed E-state index contributed by atoms with van der Waals surface area (Å²) in [4.78, 5) is 64.6. The first kappa shape index (κ1) is 78.2. The SMILES string of the molecule is CC(C)(C)OC(=O)N(Cc1ccccc1)[C@H]1[C@@H](O[C@@H]2[C@H]3OC4(CCCCC4)O[C@@H]3[C@@H](N(Cc3ccccc3)C(=O)OC(C)(C)C)C[C@H]2N(Cc2ccccc2)C(=O)OC(C)(C)C)O[C@H](CNCc2ccccc2)[C@@H](O)[C@@H]1OCCCCCCCOC[C@H]1O[C@@H](n2cnc3c(N)ncnc32)[C@@H]2OC(C)(C)O[C@@H]21. The molecule has 106 heavy (non-hydrogen) atoms. The third-order valence-corrected chi connectivity index (χ3v) is 20.1. The summed E-state index contributed by atoms with van der Waals surface area (Å²) in [6, 6.07) is 36.0. The summed E-state index contributed by atoms with van der Waals surface area (Å²) >= 11 is 0. The van der Waals surface area contributed by atoms with E-state index in [0.29, 0.717) is 43.6 Å². The Hall–Kier alpha value is -7.40. The number of amides is 3. The van der Waals surface area contributed by atoms with Crippen molar-refractivity contribution in [3.8, 4) is 0 Å². The highest BCUT2D eigenvalue weighted by atomic mass is 16.8. The number of nitrogens with two attached hydrogens (primary N) is 1. The number of benzene rings is 4. The molecule has 4 aliphatic heterocycles. The lowest BCUT2D eigenvalue weighted by atomic mass is 9.81. The number of anilines is 1. The highest BCUT2D eigenvalue weighted by molar-refractivity contribution is 5.81. The van der Waals surface area contributed by atoms with E-state index in [1.807, 2.05) is 202 Å². The highest BCUT2D eigenvalue weighted by Crippen LogP contribution is 2.50. The number of unbranched alkanes of at least 4 members (excludes halogenated alkanes) is 4. The predicted octanol–water partition coefficient (Wildman–Crippen LogP) is 12.7. The van der Waals surface area contributed by atoms with E-state index in [4.69, 9.17) is 62.6 Å². The first-order valence-electron chi connectivity index (χ1n) is 38.0. The minimum Gasteiger partial charge on any atom is -0.444 e. The molecule has 6 aromatic rings. The Morgan fingerprint density at radius 1 is 0.585 bits per heavy atom. The minimum absolute atomic E-state index is 0.0111. The highest BCUT2D eigenvalue weighted by Gasteiger charge is 2.64. The lowest BCUT2D eigenvalue weighted by Crippen LogP contribution is -2.70. The molecule has 6 aliphatic rings. The Morgan fingerprint density at radius 2 is 1.10 bits per heavy atom. The van der Waals surface area contributed by atoms with E-state index in [9.17, 15) is 5.11 Å². The van der Waals surface area contributed by atoms with Gasteiger partial charge in [0.05, 0.1) is 25.0 Å². The van der Waals surface area contributed by atoms with Crippen LogP contribution in [-0.2, 0) is 83.0 Å². The quantitative estimate of drug-likeness (QED) is 0.0319. The normalized spacial score (nSPS) is 27.0. The number of fused-ring (bicyclic) bond motifs is 3. The summed E-state index contributed by atoms with van der Waals surface area (Å²) in [6.07, 6.45) is -1.01. The van der Waals surface area contributed by atoms with Crippen molar-refractivity contribution in [1.29, 1.82) is 0 Å². The minimum atomic E-state index is -1.43. The van der Waals surface area contributed by atoms with Crippen molar-refractivity contribution in [3.63, 3.8) is 0 Å². The molecule has 2 aromatic heterocycles. The van der Waals surface area contributed by atoms with Crippen LogP contribution in [0.2, 0.25) is 0 Å². The molecule has 12 rings (SSSR count). The van der Waals surface area contributed by atoms with Gasteiger partial charge >= 0.3 is 18.3 Å². The van der Waals surface area contributed by atoms with Gasteiger partial charge in [-0.15, -0.1) is 0 Å². The van der Waals surface area contributed by atoms with E-state index < -0.39 is 132 Å². The third-order valence-electron chi connectivity index (χ3n) is 20.1. The van der Waals surface area contributed by atoms with Crippen LogP contribution in [0.15, 0.2) is 134 Å². The average Bonchev–Trinajstić information content (AvgIpc) is 1.52. The first-order valence-corrected chi connectivity index (χ1v) is 38.0. The Labute approximate surface area is 623 Å². The van der Waals surface area contributed by atoms with Gasteiger partial charge in [-0.3, -0.25) is 19.3 Å². The molecule has 4 saturated heterocycles. The van der Waals surface area contributed by atoms with Crippen LogP contribution in [-0.4, -0.2) is 192 Å². The number of aliphatic hydroxyl groups is 1. The summed E-state index contributed by atoms with van der Waals surface area (Å²) in [5, 5.41) is 16.8. The second-order valence-electron chi connectivity index (χ2n) is 32.4. The third kappa shape index (κ3) is 19.7. The van der Waals surface area contributed by atoms with Gasteiger partial charge < -0.3 is 73.0 Å². The van der Waals surface area contributed by atoms with E-state index in [1.165, 1.54) is 6.33 Å². The van der Waals surface area contributed by atoms with Crippen LogP contribution in [0.25, 0.3) is 11.2 Å². The number of nitrogens with one attached hydrogen (secondary N) is 1. The van der Waals surface area contributed by atoms with Gasteiger partial charge in [-0.05, 0) is 131 Å². The van der Waals surface area contributed by atoms with Crippen LogP contribution >= 0.6 is 0 Å². The molecule has 0 bridgehead atoms. The molecule has 6 fully saturated rings. The van der Waals surface area contributed by atoms with Crippen molar-refractivity contribution in [2.24, 2.45) is 0 Å². The molecule has 0 radical (unpaired) electrons. The largest absolute Gasteiger partial charge is 0.444 e. The summed E-state index contributed by atoms with van der Waals surface area (Å²) in [5.74, 6) is -1.67. The van der Waals surface area contributed by atoms with E-state index >= 15 is 14.4 Å². The van der Waals surface area contributed by atoms with Crippen molar-refractivity contribution < 1.29 is 76.3 Å². The van der Waals surface area contributed by atoms with E-state index in [-0.39, 0.29) is 51.6 Å². The van der Waals surface area contributed by atoms with Gasteiger partial charge in [-0.2, -0.15) is 0 Å². The molecule has 4 N–H and O–H groups in total. The zero-order valence-corrected chi connectivity index (χ0v) is 63.5. The first-order chi connectivity index (χ1) is 50.7. The molecular formula is C81H111N9O16. The standard InChI is InChI=1S/C81H111N9O16/c1-77(2,3)104-74(92)87(47-54-34-22-16-23-35-54)57-44-58(88(75(93)105-78(4,5)6)48-55-36-24-17-25-37-55)65-68(103-81(102-65)40-28-19-29-41-81)64(57)99-73-62(89(76(94)106-79(7,8)9)49-56-38-26-18-27-39-56)67(63(91)59(98-73)46-83-45-53-32-20-15-21-33-53)96-43-31-14-12-13-30-42-95-50-60-66-69(101-80(10,11)100-66)72(97-60)90-52-86-61-70(82)84-51-85-71(61)90/h15-18,20-27,32-39,51-52,57-60,62-69,72-73,83,91H,12-14,19,28-31,40-50H2,1-11H3,(H2,82,84,85)/t57-,58+,59-,60-,62-,63-,64+,65-,66-,67-,68-,69-,72-,73-/m1/s1. The number of ether oxygens (including phenoxy) is 12. The Balaban J connectivity index is 0.867. The maximum absolute atomic E-state index is 15.7. The Kier molecular flexibility index (Phi) is 25.1. The number of aliphatic hydroxyl groups excluding tert-OH is 1. The van der Waals surface area contributed by atoms with Gasteiger partial charge in [0.1, 0.15) is 89.6 Å². The lowest BCUT2D eigenvalue weighted by Gasteiger charge is -2.53. The fourth-order valence-electron chi connectivity index (χ4n) is 15.4. The van der Waals surface area contributed by atoms with E-state index in [0.717, 1.165) is 67.2 Å². The van der Waals surface area contributed by atoms with Crippen LogP contribution in [0.3, 0.4) is 0 Å². The molecule has 0 unspecified atom stereocenters. The van der Waals surface area contributed by atoms with E-state index in [1.54, 1.807) is 21.0 Å². The number of imidazole rings is 1. The summed E-state index contributed by atoms with van der Waals surface area (Å²) in [6.45, 7) is 21.9. The number of carbonyl (C=O) groups is 3. The van der Waals surface area contributed by atoms with Gasteiger partial charge in [-0.25, -0.2) is 29.3 Å². The smallest absolute Gasteiger partial charge is 0.411 e. The van der Waals surface area contributed by atoms with Crippen molar-refractivity contribution in [1.82, 2.24) is 39.5 Å². The molecule has 14 atom stereocenters. The van der Waals surface area contributed by atoms with Gasteiger partial charge in [0.25, 0.3) is 0 Å². The molecule has 576 valence electrons. The second-order valence-corrected chi connectivity index (χ2v) is 32.4. The lowest BCUT2D eigenvalue weighted by molar-refractivity contribution is -0.313. The fraction of sp³-hybridized carbons (Fsp3) is 0.605. The monoisotopic (exact) mass is 1470 g/mol. The van der Waals surface area contributed by atoms with Crippen LogP contribution in [0, 0.1) is 0 Å². The zero-order chi connectivity index (χ0) is 75.0. The number of nitrogen functional groups attached to an aromatic ring is 1. The number of rotatable bonds is 27. The molecule has 25 heteroatoms. The van der Waals surface area contributed by atoms with Crippen LogP contribution in [0.4, 0.5) is 20.2 Å². The Morgan fingerprint density at radius 3 is 1.69 bits per heavy atom. The maximum atomic E-state index is 15.7. The number of nitrogens with zero attached hydrogens (tertiary/aromatic N) is 7. The Bertz CT molecular complexity index is 3800.